The van der Waals surface area contributed by atoms with Gasteiger partial charge < -0.3 is 14.4 Å². The standard InChI is InChI=1S/C21H32N4O2/c1-20(2)15-25(9-8-21(20,26)16-24-10-12-27-13-11-24)14-19-22-17-6-4-5-7-18(17)23(19)3/h4-7,26H,8-16H2,1-3H3/t21-/m1/s1. The normalized spacial score (nSPS) is 27.3. The van der Waals surface area contributed by atoms with Crippen molar-refractivity contribution >= 4 is 11.0 Å². The molecule has 6 nitrogen and oxygen atoms in total. The van der Waals surface area contributed by atoms with E-state index in [9.17, 15) is 5.11 Å². The third-order valence-corrected chi connectivity index (χ3v) is 6.55. The van der Waals surface area contributed by atoms with E-state index in [0.29, 0.717) is 0 Å². The minimum atomic E-state index is -0.660. The fourth-order valence-electron chi connectivity index (χ4n) is 4.56. The van der Waals surface area contributed by atoms with Crippen molar-refractivity contribution in [1.82, 2.24) is 19.4 Å². The van der Waals surface area contributed by atoms with Gasteiger partial charge in [0, 0.05) is 45.2 Å². The van der Waals surface area contributed by atoms with E-state index >= 15 is 0 Å². The lowest BCUT2D eigenvalue weighted by atomic mass is 9.69. The molecule has 0 aliphatic carbocycles. The summed E-state index contributed by atoms with van der Waals surface area (Å²) in [5.41, 5.74) is 1.39. The highest BCUT2D eigenvalue weighted by molar-refractivity contribution is 5.75. The molecule has 0 saturated carbocycles. The number of likely N-dealkylation sites (tertiary alicyclic amines) is 1. The second-order valence-electron chi connectivity index (χ2n) is 8.84. The van der Waals surface area contributed by atoms with Gasteiger partial charge in [0.1, 0.15) is 5.82 Å². The summed E-state index contributed by atoms with van der Waals surface area (Å²) in [6, 6.07) is 8.28. The summed E-state index contributed by atoms with van der Waals surface area (Å²) in [5, 5.41) is 11.5. The zero-order chi connectivity index (χ0) is 19.1. The van der Waals surface area contributed by atoms with Crippen LogP contribution >= 0.6 is 0 Å². The highest BCUT2D eigenvalue weighted by Crippen LogP contribution is 2.39. The Hall–Kier alpha value is -1.47. The first-order valence-electron chi connectivity index (χ1n) is 10.0. The summed E-state index contributed by atoms with van der Waals surface area (Å²) in [6.07, 6.45) is 0.793. The van der Waals surface area contributed by atoms with Gasteiger partial charge in [-0.1, -0.05) is 26.0 Å². The number of hydrogen-bond donors (Lipinski definition) is 1. The fraction of sp³-hybridized carbons (Fsp3) is 0.667. The second kappa shape index (κ2) is 7.17. The summed E-state index contributed by atoms with van der Waals surface area (Å²) in [7, 11) is 2.09. The number of nitrogens with zero attached hydrogens (tertiary/aromatic N) is 4. The molecular weight excluding hydrogens is 340 g/mol. The maximum Gasteiger partial charge on any atom is 0.123 e. The number of β-amino-alcohol motifs (C(OH)–C–C–N with tert-alkyl or cyclic N) is 1. The van der Waals surface area contributed by atoms with Crippen LogP contribution in [0.1, 0.15) is 26.1 Å². The Morgan fingerprint density at radius 2 is 1.85 bits per heavy atom. The lowest BCUT2D eigenvalue weighted by Gasteiger charge is -2.52. The minimum Gasteiger partial charge on any atom is -0.388 e. The highest BCUT2D eigenvalue weighted by atomic mass is 16.5. The molecule has 1 N–H and O–H groups in total. The Kier molecular flexibility index (Phi) is 5.01. The molecule has 2 aliphatic rings. The van der Waals surface area contributed by atoms with E-state index in [-0.39, 0.29) is 5.41 Å². The summed E-state index contributed by atoms with van der Waals surface area (Å²) in [4.78, 5) is 9.61. The monoisotopic (exact) mass is 372 g/mol. The average molecular weight is 373 g/mol. The van der Waals surface area contributed by atoms with Crippen LogP contribution in [-0.4, -0.2) is 76.0 Å². The van der Waals surface area contributed by atoms with Gasteiger partial charge in [-0.2, -0.15) is 0 Å². The lowest BCUT2D eigenvalue weighted by Crippen LogP contribution is -2.62. The van der Waals surface area contributed by atoms with Gasteiger partial charge in [0.25, 0.3) is 0 Å². The molecule has 1 aromatic carbocycles. The zero-order valence-corrected chi connectivity index (χ0v) is 16.8. The first-order valence-corrected chi connectivity index (χ1v) is 10.0. The maximum atomic E-state index is 11.5. The Labute approximate surface area is 161 Å². The van der Waals surface area contributed by atoms with Gasteiger partial charge in [0.2, 0.25) is 0 Å². The second-order valence-corrected chi connectivity index (χ2v) is 8.84. The molecule has 148 valence electrons. The van der Waals surface area contributed by atoms with Crippen LogP contribution in [0, 0.1) is 5.41 Å². The largest absolute Gasteiger partial charge is 0.388 e. The fourth-order valence-corrected chi connectivity index (χ4v) is 4.56. The van der Waals surface area contributed by atoms with Gasteiger partial charge in [-0.15, -0.1) is 0 Å². The Morgan fingerprint density at radius 1 is 1.11 bits per heavy atom. The molecule has 2 aromatic rings. The number of aromatic nitrogens is 2. The molecule has 2 fully saturated rings. The summed E-state index contributed by atoms with van der Waals surface area (Å²) in [5.74, 6) is 1.09. The van der Waals surface area contributed by atoms with E-state index in [2.05, 4.69) is 53.5 Å². The van der Waals surface area contributed by atoms with Crippen molar-refractivity contribution in [2.75, 3.05) is 45.9 Å². The van der Waals surface area contributed by atoms with Gasteiger partial charge in [-0.3, -0.25) is 9.80 Å². The molecule has 0 bridgehead atoms. The average Bonchev–Trinajstić information content (AvgIpc) is 2.95. The number of para-hydroxylation sites is 2. The quantitative estimate of drug-likeness (QED) is 0.888. The van der Waals surface area contributed by atoms with Crippen molar-refractivity contribution in [2.45, 2.75) is 32.4 Å². The number of rotatable bonds is 4. The van der Waals surface area contributed by atoms with E-state index in [1.54, 1.807) is 0 Å². The Morgan fingerprint density at radius 3 is 2.56 bits per heavy atom. The van der Waals surface area contributed by atoms with Crippen molar-refractivity contribution in [3.05, 3.63) is 30.1 Å². The van der Waals surface area contributed by atoms with Crippen LogP contribution in [0.25, 0.3) is 11.0 Å². The van der Waals surface area contributed by atoms with Crippen molar-refractivity contribution in [2.24, 2.45) is 12.5 Å². The smallest absolute Gasteiger partial charge is 0.123 e. The van der Waals surface area contributed by atoms with Gasteiger partial charge in [-0.05, 0) is 18.6 Å². The summed E-state index contributed by atoms with van der Waals surface area (Å²) < 4.78 is 7.64. The van der Waals surface area contributed by atoms with E-state index in [4.69, 9.17) is 9.72 Å². The highest BCUT2D eigenvalue weighted by Gasteiger charge is 2.48. The number of imidazole rings is 1. The SMILES string of the molecule is Cn1c(CN2CC[C@@](O)(CN3CCOCC3)C(C)(C)C2)nc2ccccc21. The molecule has 3 heterocycles. The number of aliphatic hydroxyl groups is 1. The molecule has 0 amide bonds. The van der Waals surface area contributed by atoms with Gasteiger partial charge >= 0.3 is 0 Å². The van der Waals surface area contributed by atoms with E-state index in [1.807, 2.05) is 6.07 Å². The molecule has 0 spiro atoms. The van der Waals surface area contributed by atoms with Gasteiger partial charge in [-0.25, -0.2) is 4.98 Å². The molecular formula is C21H32N4O2. The van der Waals surface area contributed by atoms with Gasteiger partial charge in [0.15, 0.2) is 0 Å². The van der Waals surface area contributed by atoms with E-state index in [1.165, 1.54) is 5.52 Å². The van der Waals surface area contributed by atoms with Crippen LogP contribution in [0.2, 0.25) is 0 Å². The number of piperidine rings is 1. The number of morpholine rings is 1. The summed E-state index contributed by atoms with van der Waals surface area (Å²) in [6.45, 7) is 11.1. The van der Waals surface area contributed by atoms with Crippen LogP contribution in [0.4, 0.5) is 0 Å². The van der Waals surface area contributed by atoms with Crippen LogP contribution in [0.15, 0.2) is 24.3 Å². The molecule has 1 atom stereocenters. The van der Waals surface area contributed by atoms with Gasteiger partial charge in [0.05, 0.1) is 36.4 Å². The zero-order valence-electron chi connectivity index (χ0n) is 16.8. The Balaban J connectivity index is 1.45. The van der Waals surface area contributed by atoms with Crippen molar-refractivity contribution in [1.29, 1.82) is 0 Å². The first-order chi connectivity index (χ1) is 12.9. The Bertz CT molecular complexity index is 797. The number of fused-ring (bicyclic) bond motifs is 1. The summed E-state index contributed by atoms with van der Waals surface area (Å²) >= 11 is 0. The van der Waals surface area contributed by atoms with Crippen molar-refractivity contribution < 1.29 is 9.84 Å². The first kappa shape index (κ1) is 18.9. The minimum absolute atomic E-state index is 0.172. The van der Waals surface area contributed by atoms with Crippen molar-refractivity contribution in [3.63, 3.8) is 0 Å². The number of benzene rings is 1. The molecule has 0 radical (unpaired) electrons. The number of aryl methyl sites for hydroxylation is 1. The maximum absolute atomic E-state index is 11.5. The molecule has 2 aliphatic heterocycles. The van der Waals surface area contributed by atoms with Crippen LogP contribution < -0.4 is 0 Å². The molecule has 4 rings (SSSR count). The number of ether oxygens (including phenoxy) is 1. The molecule has 1 aromatic heterocycles. The topological polar surface area (TPSA) is 53.8 Å². The van der Waals surface area contributed by atoms with E-state index in [0.717, 1.165) is 70.2 Å². The lowest BCUT2D eigenvalue weighted by molar-refractivity contribution is -0.141. The predicted molar refractivity (Wildman–Crippen MR) is 107 cm³/mol. The molecule has 27 heavy (non-hydrogen) atoms. The number of hydrogen-bond acceptors (Lipinski definition) is 5. The molecule has 6 heteroatoms. The molecule has 0 unspecified atom stereocenters. The molecule has 2 saturated heterocycles. The van der Waals surface area contributed by atoms with Crippen molar-refractivity contribution in [3.8, 4) is 0 Å². The van der Waals surface area contributed by atoms with Crippen LogP contribution in [0.3, 0.4) is 0 Å². The third-order valence-electron chi connectivity index (χ3n) is 6.55. The predicted octanol–water partition coefficient (Wildman–Crippen LogP) is 1.87. The third kappa shape index (κ3) is 3.63. The van der Waals surface area contributed by atoms with E-state index < -0.39 is 5.60 Å². The van der Waals surface area contributed by atoms with Crippen LogP contribution in [-0.2, 0) is 18.3 Å². The van der Waals surface area contributed by atoms with Crippen LogP contribution in [0.5, 0.6) is 0 Å².